The van der Waals surface area contributed by atoms with E-state index in [1.165, 1.54) is 17.7 Å². The molecule has 2 aromatic rings. The first-order valence-electron chi connectivity index (χ1n) is 9.60. The van der Waals surface area contributed by atoms with Crippen LogP contribution >= 0.6 is 0 Å². The molecule has 0 amide bonds. The normalized spacial score (nSPS) is 29.1. The summed E-state index contributed by atoms with van der Waals surface area (Å²) >= 11 is 0. The second-order valence-corrected chi connectivity index (χ2v) is 8.70. The van der Waals surface area contributed by atoms with Crippen LogP contribution in [0.2, 0.25) is 0 Å². The van der Waals surface area contributed by atoms with Crippen molar-refractivity contribution in [2.45, 2.75) is 38.3 Å². The van der Waals surface area contributed by atoms with Crippen LogP contribution in [0, 0.1) is 17.2 Å². The zero-order valence-corrected chi connectivity index (χ0v) is 15.9. The molecule has 4 N–H and O–H groups in total. The van der Waals surface area contributed by atoms with Gasteiger partial charge in [-0.2, -0.15) is 4.68 Å². The number of ether oxygens (including phenoxy) is 1. The minimum Gasteiger partial charge on any atom is -0.492 e. The van der Waals surface area contributed by atoms with Crippen LogP contribution in [0.25, 0.3) is 10.9 Å². The van der Waals surface area contributed by atoms with Gasteiger partial charge in [0, 0.05) is 25.2 Å². The summed E-state index contributed by atoms with van der Waals surface area (Å²) in [7, 11) is 1.44. The molecule has 150 valence electrons. The van der Waals surface area contributed by atoms with E-state index in [2.05, 4.69) is 6.92 Å². The van der Waals surface area contributed by atoms with E-state index < -0.39 is 17.1 Å². The van der Waals surface area contributed by atoms with Crippen LogP contribution in [-0.4, -0.2) is 35.5 Å². The SMILES string of the molecule is COc1c(N2CC3C(N)CC3(C)C2)c(F)cc2c(=O)n(N)c(=O)n(C3CC3)c12. The van der Waals surface area contributed by atoms with Gasteiger partial charge in [0.2, 0.25) is 0 Å². The van der Waals surface area contributed by atoms with Crippen LogP contribution in [0.5, 0.6) is 5.75 Å². The predicted molar refractivity (Wildman–Crippen MR) is 104 cm³/mol. The lowest BCUT2D eigenvalue weighted by Gasteiger charge is -2.46. The first-order chi connectivity index (χ1) is 13.3. The van der Waals surface area contributed by atoms with Crippen molar-refractivity contribution in [1.29, 1.82) is 0 Å². The molecule has 2 heterocycles. The third-order valence-electron chi connectivity index (χ3n) is 6.80. The van der Waals surface area contributed by atoms with Crippen molar-refractivity contribution in [1.82, 2.24) is 9.24 Å². The Hall–Kier alpha value is -2.55. The number of nitrogens with two attached hydrogens (primary N) is 2. The van der Waals surface area contributed by atoms with Crippen LogP contribution < -0.4 is 32.5 Å². The molecule has 1 aromatic carbocycles. The molecule has 5 rings (SSSR count). The topological polar surface area (TPSA) is 109 Å². The minimum absolute atomic E-state index is 0.0443. The van der Waals surface area contributed by atoms with E-state index in [1.807, 2.05) is 4.90 Å². The molecule has 2 saturated carbocycles. The van der Waals surface area contributed by atoms with E-state index in [4.69, 9.17) is 16.3 Å². The van der Waals surface area contributed by atoms with Crippen LogP contribution in [0.1, 0.15) is 32.2 Å². The van der Waals surface area contributed by atoms with Crippen LogP contribution in [0.4, 0.5) is 10.1 Å². The van der Waals surface area contributed by atoms with E-state index in [1.54, 1.807) is 0 Å². The maximum atomic E-state index is 15.2. The molecule has 1 aliphatic heterocycles. The quantitative estimate of drug-likeness (QED) is 0.742. The molecule has 1 saturated heterocycles. The Labute approximate surface area is 160 Å². The minimum atomic E-state index is -0.726. The Balaban J connectivity index is 1.79. The largest absolute Gasteiger partial charge is 0.492 e. The van der Waals surface area contributed by atoms with Crippen LogP contribution in [-0.2, 0) is 0 Å². The molecule has 3 atom stereocenters. The lowest BCUT2D eigenvalue weighted by molar-refractivity contribution is 0.0771. The predicted octanol–water partition coefficient (Wildman–Crippen LogP) is 0.533. The summed E-state index contributed by atoms with van der Waals surface area (Å²) in [5, 5.41) is 0.0529. The molecule has 8 nitrogen and oxygen atoms in total. The van der Waals surface area contributed by atoms with Crippen molar-refractivity contribution in [2.75, 3.05) is 30.9 Å². The first kappa shape index (κ1) is 17.5. The third-order valence-corrected chi connectivity index (χ3v) is 6.80. The lowest BCUT2D eigenvalue weighted by atomic mass is 9.60. The second-order valence-electron chi connectivity index (χ2n) is 8.70. The van der Waals surface area contributed by atoms with Crippen molar-refractivity contribution >= 4 is 16.6 Å². The van der Waals surface area contributed by atoms with E-state index in [0.717, 1.165) is 19.3 Å². The Morgan fingerprint density at radius 2 is 2.04 bits per heavy atom. The molecule has 1 aromatic heterocycles. The maximum absolute atomic E-state index is 15.2. The van der Waals surface area contributed by atoms with Gasteiger partial charge in [-0.25, -0.2) is 9.18 Å². The average Bonchev–Trinajstić information content (AvgIpc) is 3.44. The zero-order chi connectivity index (χ0) is 20.0. The number of hydrogen-bond acceptors (Lipinski definition) is 6. The summed E-state index contributed by atoms with van der Waals surface area (Å²) in [6.45, 7) is 3.45. The number of methoxy groups -OCH3 is 1. The fourth-order valence-electron chi connectivity index (χ4n) is 5.23. The number of rotatable bonds is 3. The molecule has 0 bridgehead atoms. The Morgan fingerprint density at radius 1 is 1.32 bits per heavy atom. The highest BCUT2D eigenvalue weighted by Crippen LogP contribution is 2.53. The van der Waals surface area contributed by atoms with E-state index >= 15 is 4.39 Å². The highest BCUT2D eigenvalue weighted by atomic mass is 19.1. The third kappa shape index (κ3) is 2.13. The summed E-state index contributed by atoms with van der Waals surface area (Å²) in [6.07, 6.45) is 2.51. The van der Waals surface area contributed by atoms with E-state index in [-0.39, 0.29) is 34.6 Å². The van der Waals surface area contributed by atoms with Crippen molar-refractivity contribution in [3.63, 3.8) is 0 Å². The van der Waals surface area contributed by atoms with Crippen molar-refractivity contribution in [2.24, 2.45) is 17.1 Å². The van der Waals surface area contributed by atoms with Gasteiger partial charge in [0.25, 0.3) is 5.56 Å². The number of nitrogen functional groups attached to an aromatic ring is 1. The molecule has 3 aliphatic rings. The number of anilines is 1. The molecule has 9 heteroatoms. The average molecular weight is 389 g/mol. The molecule has 28 heavy (non-hydrogen) atoms. The lowest BCUT2D eigenvalue weighted by Crippen LogP contribution is -2.53. The molecular weight excluding hydrogens is 365 g/mol. The highest BCUT2D eigenvalue weighted by Gasteiger charge is 2.55. The molecule has 3 unspecified atom stereocenters. The van der Waals surface area contributed by atoms with Gasteiger partial charge < -0.3 is 21.2 Å². The fourth-order valence-corrected chi connectivity index (χ4v) is 5.23. The van der Waals surface area contributed by atoms with Gasteiger partial charge in [-0.1, -0.05) is 6.92 Å². The Bertz CT molecular complexity index is 1120. The number of nitrogens with zero attached hydrogens (tertiary/aromatic N) is 3. The summed E-state index contributed by atoms with van der Waals surface area (Å²) in [5.74, 6) is 5.63. The molecule has 0 radical (unpaired) electrons. The van der Waals surface area contributed by atoms with Gasteiger partial charge in [0.1, 0.15) is 11.2 Å². The summed E-state index contributed by atoms with van der Waals surface area (Å²) in [5.41, 5.74) is 5.49. The first-order valence-corrected chi connectivity index (χ1v) is 9.60. The fraction of sp³-hybridized carbons (Fsp3) is 0.579. The maximum Gasteiger partial charge on any atom is 0.350 e. The van der Waals surface area contributed by atoms with Crippen molar-refractivity contribution in [3.05, 3.63) is 32.7 Å². The molecule has 0 spiro atoms. The summed E-state index contributed by atoms with van der Waals surface area (Å²) < 4.78 is 22.9. The number of aromatic nitrogens is 2. The molecule has 3 fully saturated rings. The number of benzene rings is 1. The number of fused-ring (bicyclic) bond motifs is 2. The Kier molecular flexibility index (Phi) is 3.44. The summed E-state index contributed by atoms with van der Waals surface area (Å²) in [6, 6.07) is 1.23. The van der Waals surface area contributed by atoms with Crippen molar-refractivity contribution in [3.8, 4) is 5.75 Å². The standard InChI is InChI=1S/C19H24FN5O3/c1-19-6-13(21)11(19)7-23(8-19)15-12(20)5-10-14(16(15)28-2)24(9-3-4-9)18(27)25(22)17(10)26/h5,9,11,13H,3-4,6-8,21-22H2,1-2H3. The smallest absolute Gasteiger partial charge is 0.350 e. The Morgan fingerprint density at radius 3 is 2.61 bits per heavy atom. The van der Waals surface area contributed by atoms with Gasteiger partial charge in [0.05, 0.1) is 12.5 Å². The highest BCUT2D eigenvalue weighted by molar-refractivity contribution is 5.91. The van der Waals surface area contributed by atoms with E-state index in [9.17, 15) is 9.59 Å². The van der Waals surface area contributed by atoms with Crippen molar-refractivity contribution < 1.29 is 9.13 Å². The van der Waals surface area contributed by atoms with Gasteiger partial charge in [-0.3, -0.25) is 9.36 Å². The summed E-state index contributed by atoms with van der Waals surface area (Å²) in [4.78, 5) is 27.2. The van der Waals surface area contributed by atoms with Gasteiger partial charge in [-0.05, 0) is 36.7 Å². The van der Waals surface area contributed by atoms with Gasteiger partial charge in [-0.15, -0.1) is 0 Å². The molecule has 2 aliphatic carbocycles. The van der Waals surface area contributed by atoms with Gasteiger partial charge >= 0.3 is 5.69 Å². The molecular formula is C19H24FN5O3. The number of halogens is 1. The van der Waals surface area contributed by atoms with Gasteiger partial charge in [0.15, 0.2) is 11.6 Å². The van der Waals surface area contributed by atoms with Crippen LogP contribution in [0.3, 0.4) is 0 Å². The monoisotopic (exact) mass is 389 g/mol. The van der Waals surface area contributed by atoms with E-state index in [0.29, 0.717) is 29.0 Å². The van der Waals surface area contributed by atoms with Crippen LogP contribution in [0.15, 0.2) is 15.7 Å². The second kappa shape index (κ2) is 5.50. The number of hydrogen-bond donors (Lipinski definition) is 2. The zero-order valence-electron chi connectivity index (χ0n) is 15.9.